The van der Waals surface area contributed by atoms with E-state index in [4.69, 9.17) is 26.4 Å². The first kappa shape index (κ1) is 27.3. The summed E-state index contributed by atoms with van der Waals surface area (Å²) in [6.07, 6.45) is 10.3. The molecule has 2 heterocycles. The summed E-state index contributed by atoms with van der Waals surface area (Å²) < 4.78 is 6.31. The minimum Gasteiger partial charge on any atom is -0.472 e. The number of rotatable bonds is 11. The first-order valence-corrected chi connectivity index (χ1v) is 13.7. The van der Waals surface area contributed by atoms with Gasteiger partial charge in [0.15, 0.2) is 0 Å². The lowest BCUT2D eigenvalue weighted by Crippen LogP contribution is -2.47. The average molecular weight is 527 g/mol. The van der Waals surface area contributed by atoms with Crippen molar-refractivity contribution in [2.45, 2.75) is 35.7 Å². The molecular weight excluding hydrogens is 492 g/mol. The number of aromatic nitrogens is 2. The number of unbranched alkanes of at least 4 members (excludes halogenated alkanes) is 2. The Kier molecular flexibility index (Phi) is 9.86. The van der Waals surface area contributed by atoms with E-state index in [0.29, 0.717) is 24.0 Å². The molecular formula is C30H34N6OS. The third-order valence-electron chi connectivity index (χ3n) is 6.42. The maximum atomic E-state index is 9.11. The van der Waals surface area contributed by atoms with E-state index in [1.165, 1.54) is 11.8 Å². The fourth-order valence-electron chi connectivity index (χ4n) is 4.21. The Morgan fingerprint density at radius 1 is 1.08 bits per heavy atom. The Bertz CT molecular complexity index is 1270. The highest BCUT2D eigenvalue weighted by Crippen LogP contribution is 2.35. The molecule has 0 spiro atoms. The van der Waals surface area contributed by atoms with Crippen LogP contribution in [-0.4, -0.2) is 61.7 Å². The molecule has 8 heteroatoms. The van der Waals surface area contributed by atoms with Gasteiger partial charge in [-0.25, -0.2) is 4.98 Å². The van der Waals surface area contributed by atoms with Crippen molar-refractivity contribution in [2.75, 3.05) is 56.6 Å². The van der Waals surface area contributed by atoms with E-state index in [0.717, 1.165) is 73.0 Å². The van der Waals surface area contributed by atoms with Crippen molar-refractivity contribution in [3.63, 3.8) is 0 Å². The molecule has 3 aromatic rings. The van der Waals surface area contributed by atoms with Crippen molar-refractivity contribution in [3.8, 4) is 24.3 Å². The standard InChI is InChI=1S/C30H34N6OS/c1-4-5-6-7-15-35-16-18-36(19-17-35)30-32-22-28(38-27-13-11-24(21-31)12-14-27)29(33-30)37-23-25-9-8-10-26(20-25)34(2)3/h1,8-14,20,22H,5-7,15-19,23H2,2-3H3. The van der Waals surface area contributed by atoms with Crippen LogP contribution in [0.4, 0.5) is 11.6 Å². The minimum absolute atomic E-state index is 0.407. The summed E-state index contributed by atoms with van der Waals surface area (Å²) in [5.74, 6) is 3.98. The molecule has 0 saturated carbocycles. The molecule has 2 aromatic carbocycles. The smallest absolute Gasteiger partial charge is 0.232 e. The summed E-state index contributed by atoms with van der Waals surface area (Å²) in [5.41, 5.74) is 2.83. The summed E-state index contributed by atoms with van der Waals surface area (Å²) in [6.45, 7) is 5.20. The van der Waals surface area contributed by atoms with Gasteiger partial charge in [0.25, 0.3) is 0 Å². The van der Waals surface area contributed by atoms with E-state index in [1.807, 2.05) is 50.6 Å². The van der Waals surface area contributed by atoms with Gasteiger partial charge in [-0.15, -0.1) is 12.3 Å². The van der Waals surface area contributed by atoms with Crippen LogP contribution in [0, 0.1) is 23.7 Å². The topological polar surface area (TPSA) is 68.5 Å². The molecule has 0 radical (unpaired) electrons. The zero-order valence-electron chi connectivity index (χ0n) is 22.1. The molecule has 0 N–H and O–H groups in total. The second kappa shape index (κ2) is 13.7. The molecule has 1 fully saturated rings. The number of hydrogen-bond donors (Lipinski definition) is 0. The lowest BCUT2D eigenvalue weighted by Gasteiger charge is -2.34. The van der Waals surface area contributed by atoms with Crippen LogP contribution in [0.25, 0.3) is 0 Å². The second-order valence-electron chi connectivity index (χ2n) is 9.42. The molecule has 0 bridgehead atoms. The number of benzene rings is 2. The molecule has 0 amide bonds. The van der Waals surface area contributed by atoms with E-state index >= 15 is 0 Å². The van der Waals surface area contributed by atoms with Crippen LogP contribution >= 0.6 is 11.8 Å². The molecule has 7 nitrogen and oxygen atoms in total. The zero-order chi connectivity index (χ0) is 26.7. The van der Waals surface area contributed by atoms with E-state index in [-0.39, 0.29) is 0 Å². The predicted octanol–water partition coefficient (Wildman–Crippen LogP) is 5.07. The summed E-state index contributed by atoms with van der Waals surface area (Å²) in [4.78, 5) is 18.2. The van der Waals surface area contributed by atoms with Crippen LogP contribution in [0.1, 0.15) is 30.4 Å². The van der Waals surface area contributed by atoms with Gasteiger partial charge < -0.3 is 14.5 Å². The van der Waals surface area contributed by atoms with Gasteiger partial charge in [-0.05, 0) is 61.3 Å². The lowest BCUT2D eigenvalue weighted by molar-refractivity contribution is 0.251. The van der Waals surface area contributed by atoms with Gasteiger partial charge in [0.05, 0.1) is 22.7 Å². The number of nitriles is 1. The second-order valence-corrected chi connectivity index (χ2v) is 10.5. The highest BCUT2D eigenvalue weighted by atomic mass is 32.2. The Morgan fingerprint density at radius 3 is 2.58 bits per heavy atom. The van der Waals surface area contributed by atoms with Crippen LogP contribution in [0.2, 0.25) is 0 Å². The third-order valence-corrected chi connectivity index (χ3v) is 7.43. The maximum absolute atomic E-state index is 9.11. The molecule has 0 aliphatic carbocycles. The first-order chi connectivity index (χ1) is 18.6. The largest absolute Gasteiger partial charge is 0.472 e. The van der Waals surface area contributed by atoms with E-state index in [1.54, 1.807) is 0 Å². The van der Waals surface area contributed by atoms with Gasteiger partial charge in [-0.3, -0.25) is 4.90 Å². The Morgan fingerprint density at radius 2 is 1.87 bits per heavy atom. The summed E-state index contributed by atoms with van der Waals surface area (Å²) in [5, 5.41) is 9.11. The molecule has 196 valence electrons. The molecule has 38 heavy (non-hydrogen) atoms. The number of ether oxygens (including phenoxy) is 1. The fourth-order valence-corrected chi connectivity index (χ4v) is 5.03. The molecule has 1 aliphatic heterocycles. The fraction of sp³-hybridized carbons (Fsp3) is 0.367. The van der Waals surface area contributed by atoms with Crippen LogP contribution in [0.5, 0.6) is 5.88 Å². The van der Waals surface area contributed by atoms with Crippen molar-refractivity contribution in [1.29, 1.82) is 5.26 Å². The third kappa shape index (κ3) is 7.64. The highest BCUT2D eigenvalue weighted by Gasteiger charge is 2.21. The molecule has 1 aliphatic rings. The molecule has 1 aromatic heterocycles. The summed E-state index contributed by atoms with van der Waals surface area (Å²) in [7, 11) is 4.06. The highest BCUT2D eigenvalue weighted by molar-refractivity contribution is 7.99. The van der Waals surface area contributed by atoms with Crippen molar-refractivity contribution < 1.29 is 4.74 Å². The van der Waals surface area contributed by atoms with Crippen LogP contribution < -0.4 is 14.5 Å². The molecule has 4 rings (SSSR count). The number of piperazine rings is 1. The number of hydrogen-bond acceptors (Lipinski definition) is 8. The van der Waals surface area contributed by atoms with Crippen LogP contribution in [-0.2, 0) is 6.61 Å². The number of terminal acetylenes is 1. The van der Waals surface area contributed by atoms with E-state index in [9.17, 15) is 0 Å². The zero-order valence-corrected chi connectivity index (χ0v) is 23.0. The van der Waals surface area contributed by atoms with Crippen molar-refractivity contribution >= 4 is 23.4 Å². The van der Waals surface area contributed by atoms with Crippen LogP contribution in [0.3, 0.4) is 0 Å². The Balaban J connectivity index is 1.48. The SMILES string of the molecule is C#CCCCCN1CCN(c2ncc(Sc3ccc(C#N)cc3)c(OCc3cccc(N(C)C)c3)n2)CC1. The van der Waals surface area contributed by atoms with Gasteiger partial charge in [0.2, 0.25) is 11.8 Å². The quantitative estimate of drug-likeness (QED) is 0.253. The predicted molar refractivity (Wildman–Crippen MR) is 154 cm³/mol. The minimum atomic E-state index is 0.407. The van der Waals surface area contributed by atoms with Gasteiger partial charge in [-0.2, -0.15) is 10.2 Å². The van der Waals surface area contributed by atoms with E-state index in [2.05, 4.69) is 44.9 Å². The normalized spacial score (nSPS) is 13.5. The van der Waals surface area contributed by atoms with Crippen molar-refractivity contribution in [2.24, 2.45) is 0 Å². The van der Waals surface area contributed by atoms with Gasteiger partial charge in [0.1, 0.15) is 6.61 Å². The van der Waals surface area contributed by atoms with Crippen molar-refractivity contribution in [3.05, 3.63) is 65.9 Å². The first-order valence-electron chi connectivity index (χ1n) is 12.9. The lowest BCUT2D eigenvalue weighted by atomic mass is 10.2. The van der Waals surface area contributed by atoms with Crippen LogP contribution in [0.15, 0.2) is 64.5 Å². The van der Waals surface area contributed by atoms with Gasteiger partial charge in [0, 0.05) is 57.3 Å². The van der Waals surface area contributed by atoms with Gasteiger partial charge >= 0.3 is 0 Å². The Hall–Kier alpha value is -3.72. The number of nitrogens with zero attached hydrogens (tertiary/aromatic N) is 6. The monoisotopic (exact) mass is 526 g/mol. The molecule has 0 unspecified atom stereocenters. The number of anilines is 2. The van der Waals surface area contributed by atoms with E-state index < -0.39 is 0 Å². The molecule has 1 saturated heterocycles. The maximum Gasteiger partial charge on any atom is 0.232 e. The average Bonchev–Trinajstić information content (AvgIpc) is 2.95. The van der Waals surface area contributed by atoms with Gasteiger partial charge in [-0.1, -0.05) is 23.9 Å². The summed E-state index contributed by atoms with van der Waals surface area (Å²) >= 11 is 1.54. The Labute approximate surface area is 230 Å². The summed E-state index contributed by atoms with van der Waals surface area (Å²) in [6, 6.07) is 18.0. The molecule has 0 atom stereocenters. The van der Waals surface area contributed by atoms with Crippen molar-refractivity contribution in [1.82, 2.24) is 14.9 Å².